The molecule has 1 heterocycles. The van der Waals surface area contributed by atoms with Crippen LogP contribution in [0.1, 0.15) is 22.8 Å². The summed E-state index contributed by atoms with van der Waals surface area (Å²) >= 11 is 0. The Kier molecular flexibility index (Phi) is 4.20. The molecule has 0 saturated carbocycles. The highest BCUT2D eigenvalue weighted by Gasteiger charge is 2.10. The van der Waals surface area contributed by atoms with Crippen LogP contribution in [0.3, 0.4) is 0 Å². The Labute approximate surface area is 117 Å². The van der Waals surface area contributed by atoms with E-state index in [4.69, 9.17) is 4.74 Å². The van der Waals surface area contributed by atoms with Crippen molar-refractivity contribution >= 4 is 17.3 Å². The number of nitrogens with zero attached hydrogens (tertiary/aromatic N) is 1. The molecule has 104 valence electrons. The van der Waals surface area contributed by atoms with Crippen LogP contribution >= 0.6 is 0 Å². The number of nitrogens with one attached hydrogen (secondary N) is 1. The number of rotatable bonds is 5. The molecule has 0 spiro atoms. The fourth-order valence-corrected chi connectivity index (χ4v) is 1.79. The van der Waals surface area contributed by atoms with E-state index in [-0.39, 0.29) is 5.56 Å². The largest absolute Gasteiger partial charge is 0.478 e. The zero-order valence-electron chi connectivity index (χ0n) is 11.4. The number of carbonyl (C=O) groups is 1. The second kappa shape index (κ2) is 6.06. The summed E-state index contributed by atoms with van der Waals surface area (Å²) in [6.45, 7) is 4.35. The van der Waals surface area contributed by atoms with Crippen molar-refractivity contribution in [2.24, 2.45) is 0 Å². The van der Waals surface area contributed by atoms with Crippen molar-refractivity contribution in [2.45, 2.75) is 13.8 Å². The quantitative estimate of drug-likeness (QED) is 0.874. The summed E-state index contributed by atoms with van der Waals surface area (Å²) in [6.07, 6.45) is 1.61. The van der Waals surface area contributed by atoms with Gasteiger partial charge in [-0.2, -0.15) is 0 Å². The van der Waals surface area contributed by atoms with Gasteiger partial charge >= 0.3 is 5.97 Å². The summed E-state index contributed by atoms with van der Waals surface area (Å²) in [7, 11) is 0. The van der Waals surface area contributed by atoms with E-state index in [1.165, 1.54) is 0 Å². The van der Waals surface area contributed by atoms with Crippen LogP contribution in [0, 0.1) is 6.92 Å². The molecule has 0 amide bonds. The first-order valence-corrected chi connectivity index (χ1v) is 6.30. The smallest absolute Gasteiger partial charge is 0.337 e. The Hall–Kier alpha value is -2.56. The van der Waals surface area contributed by atoms with E-state index in [0.29, 0.717) is 23.9 Å². The molecular formula is C15H16N2O3. The molecule has 5 nitrogen and oxygen atoms in total. The molecule has 0 aliphatic rings. The molecule has 0 atom stereocenters. The van der Waals surface area contributed by atoms with Crippen LogP contribution in [0.4, 0.5) is 11.4 Å². The summed E-state index contributed by atoms with van der Waals surface area (Å²) in [5.41, 5.74) is 2.46. The van der Waals surface area contributed by atoms with Crippen LogP contribution in [0.15, 0.2) is 36.5 Å². The lowest BCUT2D eigenvalue weighted by molar-refractivity contribution is 0.0698. The van der Waals surface area contributed by atoms with Crippen molar-refractivity contribution in [1.82, 2.24) is 4.98 Å². The number of aryl methyl sites for hydroxylation is 1. The number of hydrogen-bond acceptors (Lipinski definition) is 4. The van der Waals surface area contributed by atoms with Crippen molar-refractivity contribution in [3.63, 3.8) is 0 Å². The van der Waals surface area contributed by atoms with Gasteiger partial charge in [-0.05, 0) is 37.6 Å². The summed E-state index contributed by atoms with van der Waals surface area (Å²) < 4.78 is 5.26. The van der Waals surface area contributed by atoms with Gasteiger partial charge in [0.15, 0.2) is 0 Å². The van der Waals surface area contributed by atoms with E-state index in [1.807, 2.05) is 13.8 Å². The molecule has 0 radical (unpaired) electrons. The molecular weight excluding hydrogens is 256 g/mol. The number of carboxylic acids is 1. The molecule has 2 N–H and O–H groups in total. The lowest BCUT2D eigenvalue weighted by Gasteiger charge is -2.11. The van der Waals surface area contributed by atoms with Gasteiger partial charge in [-0.1, -0.05) is 6.07 Å². The maximum atomic E-state index is 11.2. The lowest BCUT2D eigenvalue weighted by Crippen LogP contribution is -2.03. The van der Waals surface area contributed by atoms with Crippen molar-refractivity contribution in [2.75, 3.05) is 11.9 Å². The van der Waals surface area contributed by atoms with E-state index in [0.717, 1.165) is 5.56 Å². The third-order valence-corrected chi connectivity index (χ3v) is 2.71. The highest BCUT2D eigenvalue weighted by atomic mass is 16.5. The van der Waals surface area contributed by atoms with Gasteiger partial charge in [-0.15, -0.1) is 0 Å². The minimum Gasteiger partial charge on any atom is -0.478 e. The minimum atomic E-state index is -0.966. The van der Waals surface area contributed by atoms with Gasteiger partial charge in [-0.25, -0.2) is 9.78 Å². The van der Waals surface area contributed by atoms with E-state index in [9.17, 15) is 9.90 Å². The van der Waals surface area contributed by atoms with Crippen LogP contribution in [-0.2, 0) is 0 Å². The average molecular weight is 272 g/mol. The third kappa shape index (κ3) is 3.26. The number of aromatic carboxylic acids is 1. The second-order valence-electron chi connectivity index (χ2n) is 4.30. The summed E-state index contributed by atoms with van der Waals surface area (Å²) in [6, 6.07) is 8.68. The number of anilines is 2. The molecule has 20 heavy (non-hydrogen) atoms. The fourth-order valence-electron chi connectivity index (χ4n) is 1.79. The molecule has 0 fully saturated rings. The summed E-state index contributed by atoms with van der Waals surface area (Å²) in [4.78, 5) is 15.3. The minimum absolute atomic E-state index is 0.226. The SMILES string of the molecule is CCOc1ccc(Nc2cc(C)ccc2C(=O)O)cn1. The number of benzene rings is 1. The van der Waals surface area contributed by atoms with E-state index < -0.39 is 5.97 Å². The van der Waals surface area contributed by atoms with Crippen LogP contribution in [0.2, 0.25) is 0 Å². The van der Waals surface area contributed by atoms with Crippen LogP contribution < -0.4 is 10.1 Å². The molecule has 2 rings (SSSR count). The monoisotopic (exact) mass is 272 g/mol. The first kappa shape index (κ1) is 13.9. The molecule has 0 aliphatic heterocycles. The lowest BCUT2D eigenvalue weighted by atomic mass is 10.1. The van der Waals surface area contributed by atoms with Gasteiger partial charge in [0.05, 0.1) is 29.7 Å². The molecule has 1 aromatic heterocycles. The number of ether oxygens (including phenoxy) is 1. The second-order valence-corrected chi connectivity index (χ2v) is 4.30. The van der Waals surface area contributed by atoms with E-state index >= 15 is 0 Å². The van der Waals surface area contributed by atoms with Gasteiger partial charge in [0.1, 0.15) is 0 Å². The van der Waals surface area contributed by atoms with Crippen molar-refractivity contribution in [1.29, 1.82) is 0 Å². The third-order valence-electron chi connectivity index (χ3n) is 2.71. The average Bonchev–Trinajstić information content (AvgIpc) is 2.41. The molecule has 0 aliphatic carbocycles. The van der Waals surface area contributed by atoms with Gasteiger partial charge in [0.25, 0.3) is 0 Å². The molecule has 5 heteroatoms. The summed E-state index contributed by atoms with van der Waals surface area (Å²) in [5.74, 6) is -0.424. The topological polar surface area (TPSA) is 71.5 Å². The summed E-state index contributed by atoms with van der Waals surface area (Å²) in [5, 5.41) is 12.2. The predicted molar refractivity (Wildman–Crippen MR) is 76.8 cm³/mol. The Bertz CT molecular complexity index is 609. The molecule has 1 aromatic carbocycles. The maximum Gasteiger partial charge on any atom is 0.337 e. The Balaban J connectivity index is 2.25. The number of aromatic nitrogens is 1. The zero-order valence-corrected chi connectivity index (χ0v) is 11.4. The number of pyridine rings is 1. The molecule has 0 bridgehead atoms. The number of carboxylic acid groups (broad SMARTS) is 1. The molecule has 0 saturated heterocycles. The maximum absolute atomic E-state index is 11.2. The van der Waals surface area contributed by atoms with E-state index in [2.05, 4.69) is 10.3 Å². The fraction of sp³-hybridized carbons (Fsp3) is 0.200. The standard InChI is InChI=1S/C15H16N2O3/c1-3-20-14-7-5-11(9-16-14)17-13-8-10(2)4-6-12(13)15(18)19/h4-9,17H,3H2,1-2H3,(H,18,19). The van der Waals surface area contributed by atoms with Crippen LogP contribution in [-0.4, -0.2) is 22.7 Å². The Morgan fingerprint density at radius 1 is 1.35 bits per heavy atom. The Morgan fingerprint density at radius 2 is 2.15 bits per heavy atom. The normalized spacial score (nSPS) is 10.1. The predicted octanol–water partition coefficient (Wildman–Crippen LogP) is 3.23. The van der Waals surface area contributed by atoms with E-state index in [1.54, 1.807) is 36.5 Å². The van der Waals surface area contributed by atoms with Gasteiger partial charge in [0, 0.05) is 6.07 Å². The first-order valence-electron chi connectivity index (χ1n) is 6.30. The highest BCUT2D eigenvalue weighted by Crippen LogP contribution is 2.23. The van der Waals surface area contributed by atoms with Crippen molar-refractivity contribution in [3.05, 3.63) is 47.7 Å². The van der Waals surface area contributed by atoms with Gasteiger partial charge in [0.2, 0.25) is 5.88 Å². The van der Waals surface area contributed by atoms with Gasteiger partial charge < -0.3 is 15.2 Å². The zero-order chi connectivity index (χ0) is 14.5. The Morgan fingerprint density at radius 3 is 2.75 bits per heavy atom. The molecule has 2 aromatic rings. The number of hydrogen-bond donors (Lipinski definition) is 2. The highest BCUT2D eigenvalue weighted by molar-refractivity contribution is 5.95. The molecule has 0 unspecified atom stereocenters. The van der Waals surface area contributed by atoms with Crippen molar-refractivity contribution in [3.8, 4) is 5.88 Å². The van der Waals surface area contributed by atoms with Gasteiger partial charge in [-0.3, -0.25) is 0 Å². The van der Waals surface area contributed by atoms with Crippen LogP contribution in [0.25, 0.3) is 0 Å². The first-order chi connectivity index (χ1) is 9.60. The van der Waals surface area contributed by atoms with Crippen LogP contribution in [0.5, 0.6) is 5.88 Å². The van der Waals surface area contributed by atoms with Crippen molar-refractivity contribution < 1.29 is 14.6 Å².